The predicted octanol–water partition coefficient (Wildman–Crippen LogP) is 3.59. The van der Waals surface area contributed by atoms with E-state index in [9.17, 15) is 29.7 Å². The zero-order valence-corrected chi connectivity index (χ0v) is 36.9. The van der Waals surface area contributed by atoms with E-state index in [2.05, 4.69) is 24.8 Å². The maximum absolute atomic E-state index is 14.2. The van der Waals surface area contributed by atoms with E-state index in [0.29, 0.717) is 19.4 Å². The zero-order chi connectivity index (χ0) is 43.2. The van der Waals surface area contributed by atoms with E-state index in [1.165, 1.54) is 19.1 Å². The second kappa shape index (κ2) is 20.9. The van der Waals surface area contributed by atoms with Crippen molar-refractivity contribution in [2.75, 3.05) is 34.9 Å². The van der Waals surface area contributed by atoms with Crippen molar-refractivity contribution in [1.82, 2.24) is 9.80 Å². The number of carbonyl (C=O) groups excluding carboxylic acids is 3. The van der Waals surface area contributed by atoms with Gasteiger partial charge in [0.1, 0.15) is 18.3 Å². The van der Waals surface area contributed by atoms with Gasteiger partial charge in [-0.15, -0.1) is 0 Å². The summed E-state index contributed by atoms with van der Waals surface area (Å²) in [5.74, 6) is -3.11. The molecule has 0 spiro atoms. The smallest absolute Gasteiger partial charge is 0.311 e. The number of rotatable bonds is 10. The van der Waals surface area contributed by atoms with Crippen LogP contribution in [0.25, 0.3) is 0 Å². The molecule has 3 rings (SSSR count). The molecule has 0 unspecified atom stereocenters. The highest BCUT2D eigenvalue weighted by Crippen LogP contribution is 2.40. The lowest BCUT2D eigenvalue weighted by atomic mass is 9.77. The summed E-state index contributed by atoms with van der Waals surface area (Å²) in [6, 6.07) is -0.736. The van der Waals surface area contributed by atoms with Gasteiger partial charge in [-0.25, -0.2) is 0 Å². The topological polar surface area (TPSA) is 183 Å². The Balaban J connectivity index is 2.12. The molecule has 3 N–H and O–H groups in total. The van der Waals surface area contributed by atoms with E-state index in [1.54, 1.807) is 34.7 Å². The molecular weight excluding hydrogens is 740 g/mol. The number of aliphatic hydroxyl groups is 3. The van der Waals surface area contributed by atoms with Crippen LogP contribution in [0.4, 0.5) is 0 Å². The van der Waals surface area contributed by atoms with Crippen molar-refractivity contribution in [2.24, 2.45) is 17.8 Å². The third-order valence-corrected chi connectivity index (χ3v) is 12.5. The number of hydrogen-bond donors (Lipinski definition) is 3. The van der Waals surface area contributed by atoms with Crippen molar-refractivity contribution < 1.29 is 62.9 Å². The van der Waals surface area contributed by atoms with Crippen molar-refractivity contribution in [3.8, 4) is 0 Å². The van der Waals surface area contributed by atoms with Crippen LogP contribution in [0.5, 0.6) is 0 Å². The Morgan fingerprint density at radius 2 is 1.67 bits per heavy atom. The van der Waals surface area contributed by atoms with Gasteiger partial charge in [0.2, 0.25) is 5.91 Å². The number of nitrogens with zero attached hydrogens (tertiary/aromatic N) is 2. The molecule has 0 aromatic heterocycles. The lowest BCUT2D eigenvalue weighted by Gasteiger charge is -2.49. The Labute approximate surface area is 340 Å². The van der Waals surface area contributed by atoms with Crippen LogP contribution >= 0.6 is 0 Å². The maximum Gasteiger partial charge on any atom is 0.311 e. The molecule has 330 valence electrons. The summed E-state index contributed by atoms with van der Waals surface area (Å²) >= 11 is 0. The molecular formula is C42H74N2O13. The molecule has 16 atom stereocenters. The third-order valence-electron chi connectivity index (χ3n) is 12.5. The Bertz CT molecular complexity index is 1360. The van der Waals surface area contributed by atoms with Crippen LogP contribution < -0.4 is 0 Å². The monoisotopic (exact) mass is 815 g/mol. The van der Waals surface area contributed by atoms with Crippen LogP contribution in [0, 0.1) is 17.8 Å². The minimum atomic E-state index is -1.58. The van der Waals surface area contributed by atoms with Crippen LogP contribution in [-0.2, 0) is 47.5 Å². The first-order chi connectivity index (χ1) is 26.5. The molecule has 2 saturated heterocycles. The van der Waals surface area contributed by atoms with Crippen LogP contribution in [0.15, 0.2) is 11.6 Å². The summed E-state index contributed by atoms with van der Waals surface area (Å²) in [5, 5.41) is 35.4. The van der Waals surface area contributed by atoms with Crippen molar-refractivity contribution in [3.05, 3.63) is 11.6 Å². The lowest BCUT2D eigenvalue weighted by Crippen LogP contribution is -2.61. The Hall–Kier alpha value is -2.21. The maximum atomic E-state index is 14.2. The third kappa shape index (κ3) is 12.4. The first-order valence-corrected chi connectivity index (χ1v) is 20.7. The van der Waals surface area contributed by atoms with E-state index in [1.807, 2.05) is 34.7 Å². The number of likely N-dealkylation sites (N-methyl/N-ethyl adjacent to an activating group) is 2. The molecule has 0 aromatic carbocycles. The zero-order valence-electron chi connectivity index (χ0n) is 36.9. The van der Waals surface area contributed by atoms with Gasteiger partial charge in [-0.05, 0) is 86.3 Å². The van der Waals surface area contributed by atoms with Crippen molar-refractivity contribution in [1.29, 1.82) is 0 Å². The Morgan fingerprint density at radius 1 is 1.02 bits per heavy atom. The number of cyclic esters (lactones) is 1. The van der Waals surface area contributed by atoms with E-state index in [-0.39, 0.29) is 43.6 Å². The second-order valence-electron chi connectivity index (χ2n) is 17.5. The van der Waals surface area contributed by atoms with Gasteiger partial charge in [-0.3, -0.25) is 19.3 Å². The number of aliphatic hydroxyl groups excluding tert-OH is 2. The molecule has 0 aromatic rings. The average molecular weight is 815 g/mol. The van der Waals surface area contributed by atoms with Gasteiger partial charge in [0.15, 0.2) is 12.6 Å². The summed E-state index contributed by atoms with van der Waals surface area (Å²) < 4.78 is 42.6. The second-order valence-corrected chi connectivity index (χ2v) is 17.5. The van der Waals surface area contributed by atoms with Gasteiger partial charge in [0, 0.05) is 45.5 Å². The molecule has 2 fully saturated rings. The van der Waals surface area contributed by atoms with Crippen molar-refractivity contribution in [3.63, 3.8) is 0 Å². The number of methoxy groups -OCH3 is 2. The van der Waals surface area contributed by atoms with Gasteiger partial charge < -0.3 is 53.4 Å². The molecule has 0 radical (unpaired) electrons. The van der Waals surface area contributed by atoms with Gasteiger partial charge in [-0.1, -0.05) is 26.8 Å². The summed E-state index contributed by atoms with van der Waals surface area (Å²) in [6.07, 6.45) is -5.08. The fourth-order valence-electron chi connectivity index (χ4n) is 8.86. The Kier molecular flexibility index (Phi) is 18.0. The highest BCUT2D eigenvalue weighted by molar-refractivity contribution is 5.81. The molecule has 57 heavy (non-hydrogen) atoms. The largest absolute Gasteiger partial charge is 0.469 e. The van der Waals surface area contributed by atoms with E-state index in [0.717, 1.165) is 5.57 Å². The van der Waals surface area contributed by atoms with Gasteiger partial charge in [0.05, 0.1) is 61.1 Å². The van der Waals surface area contributed by atoms with Crippen LogP contribution in [0.3, 0.4) is 0 Å². The minimum Gasteiger partial charge on any atom is -0.469 e. The number of ether oxygens (including phenoxy) is 7. The standard InChI is InChI=1S/C42H74N2O13/c1-15-31-24(3)18-25(4)43(11)22-23(2)20-41(9,50)38(57-40-35(47)30(19-26(5)53-40)44(12)32(45)16-17-33(46)51-13)27(6)36(28(7)39(49)55-31)56-34-21-42(10,52-14)37(48)29(8)54-34/h18,23,25-31,34-38,40,47-48,50H,15-17,19-22H2,1-14H3/b24-18+/t23-,25-,26-,27+,28-,29+,30+,31-,34+,35-,36+,37+,38-,40+,41-,42-/m1/s1. The minimum absolute atomic E-state index is 0.00201. The molecule has 0 aliphatic carbocycles. The van der Waals surface area contributed by atoms with Crippen molar-refractivity contribution in [2.45, 2.75) is 186 Å². The molecule has 15 heteroatoms. The van der Waals surface area contributed by atoms with Crippen LogP contribution in [0.1, 0.15) is 108 Å². The van der Waals surface area contributed by atoms with Crippen LogP contribution in [0.2, 0.25) is 0 Å². The number of esters is 2. The number of hydrogen-bond acceptors (Lipinski definition) is 14. The fourth-order valence-corrected chi connectivity index (χ4v) is 8.86. The fraction of sp³-hybridized carbons (Fsp3) is 0.881. The summed E-state index contributed by atoms with van der Waals surface area (Å²) in [4.78, 5) is 42.8. The summed E-state index contributed by atoms with van der Waals surface area (Å²) in [6.45, 7) is 19.2. The van der Waals surface area contributed by atoms with Crippen LogP contribution in [-0.4, -0.2) is 156 Å². The molecule has 0 bridgehead atoms. The molecule has 3 aliphatic rings. The van der Waals surface area contributed by atoms with E-state index < -0.39 is 96.3 Å². The predicted molar refractivity (Wildman–Crippen MR) is 212 cm³/mol. The number of carbonyl (C=O) groups is 3. The number of amides is 1. The first kappa shape index (κ1) is 49.2. The van der Waals surface area contributed by atoms with E-state index in [4.69, 9.17) is 33.2 Å². The quantitative estimate of drug-likeness (QED) is 0.215. The lowest BCUT2D eigenvalue weighted by molar-refractivity contribution is -0.317. The molecule has 3 aliphatic heterocycles. The van der Waals surface area contributed by atoms with E-state index >= 15 is 0 Å². The highest BCUT2D eigenvalue weighted by Gasteiger charge is 2.51. The average Bonchev–Trinajstić information content (AvgIpc) is 3.15. The van der Waals surface area contributed by atoms with Crippen molar-refractivity contribution >= 4 is 17.8 Å². The normalized spacial score (nSPS) is 42.8. The van der Waals surface area contributed by atoms with Gasteiger partial charge in [-0.2, -0.15) is 0 Å². The molecule has 1 amide bonds. The molecule has 0 saturated carbocycles. The summed E-state index contributed by atoms with van der Waals surface area (Å²) in [7, 11) is 6.35. The summed E-state index contributed by atoms with van der Waals surface area (Å²) in [5.41, 5.74) is -1.67. The first-order valence-electron chi connectivity index (χ1n) is 20.7. The SMILES string of the molecule is CC[C@H]1OC(=O)[C@H](C)[C@@H](O[C@H]2C[C@@](C)(OC)[C@@H](O)[C@H](C)O2)[C@H](C)[C@@H](O[C@@H]2O[C@H](C)C[C@H](N(C)C(=O)CCC(=O)OC)[C@H]2O)[C@](C)(O)C[C@@H](C)CN(C)[C@H](C)/C=C/1C. The Morgan fingerprint density at radius 3 is 2.26 bits per heavy atom. The molecule has 3 heterocycles. The molecule has 15 nitrogen and oxygen atoms in total. The van der Waals surface area contributed by atoms with Gasteiger partial charge >= 0.3 is 11.9 Å². The highest BCUT2D eigenvalue weighted by atomic mass is 16.7. The van der Waals surface area contributed by atoms with Gasteiger partial charge in [0.25, 0.3) is 0 Å².